The van der Waals surface area contributed by atoms with E-state index in [2.05, 4.69) is 58.1 Å². The van der Waals surface area contributed by atoms with Gasteiger partial charge in [-0.2, -0.15) is 5.10 Å². The molecule has 4 atom stereocenters. The van der Waals surface area contributed by atoms with Crippen molar-refractivity contribution in [2.75, 3.05) is 18.0 Å². The Labute approximate surface area is 179 Å². The van der Waals surface area contributed by atoms with Crippen LogP contribution < -0.4 is 4.90 Å². The van der Waals surface area contributed by atoms with Crippen molar-refractivity contribution in [3.05, 3.63) is 30.0 Å². The lowest BCUT2D eigenvalue weighted by Gasteiger charge is -2.57. The number of hydrogen-bond donors (Lipinski definition) is 0. The molecule has 5 rings (SSSR count). The van der Waals surface area contributed by atoms with Crippen molar-refractivity contribution in [2.24, 2.45) is 17.8 Å². The third-order valence-corrected chi connectivity index (χ3v) is 7.69. The highest BCUT2D eigenvalue weighted by Gasteiger charge is 2.49. The van der Waals surface area contributed by atoms with Gasteiger partial charge in [0, 0.05) is 42.4 Å². The summed E-state index contributed by atoms with van der Waals surface area (Å²) in [4.78, 5) is 17.8. The van der Waals surface area contributed by atoms with Gasteiger partial charge in [-0.25, -0.2) is 0 Å². The Kier molecular flexibility index (Phi) is 5.16. The van der Waals surface area contributed by atoms with Crippen molar-refractivity contribution in [2.45, 2.75) is 71.4 Å². The summed E-state index contributed by atoms with van der Waals surface area (Å²) in [5.41, 5.74) is 0.991. The summed E-state index contributed by atoms with van der Waals surface area (Å²) in [5.74, 6) is 3.19. The van der Waals surface area contributed by atoms with Gasteiger partial charge in [-0.1, -0.05) is 38.1 Å². The average Bonchev–Trinajstić information content (AvgIpc) is 2.74. The lowest BCUT2D eigenvalue weighted by atomic mass is 9.70. The molecule has 4 heterocycles. The first-order valence-electron chi connectivity index (χ1n) is 11.8. The van der Waals surface area contributed by atoms with Crippen molar-refractivity contribution in [1.29, 1.82) is 0 Å². The van der Waals surface area contributed by atoms with Crippen molar-refractivity contribution >= 4 is 22.5 Å². The molecular weight excluding hydrogens is 372 g/mol. The predicted molar refractivity (Wildman–Crippen MR) is 120 cm³/mol. The van der Waals surface area contributed by atoms with Crippen LogP contribution in [0.5, 0.6) is 0 Å². The zero-order valence-corrected chi connectivity index (χ0v) is 18.6. The summed E-state index contributed by atoms with van der Waals surface area (Å²) in [6.45, 7) is 8.60. The number of carbonyl (C=O) groups is 1. The standard InChI is InChI=1S/C25H34N4O/c1-16(2)11-12-23-19-13-18(22-9-6-10-24(30)29(22)23)14-28(15-19)25-21-8-5-4-7-20(21)17(3)26-27-25/h4-5,7-8,16,18-19,22-23H,6,9-15H2,1-3H3/t18-,19+,22+,23+/m1/s1. The van der Waals surface area contributed by atoms with Gasteiger partial charge in [0.15, 0.2) is 5.82 Å². The number of aromatic nitrogens is 2. The Morgan fingerprint density at radius 2 is 1.87 bits per heavy atom. The van der Waals surface area contributed by atoms with Crippen LogP contribution in [0.15, 0.2) is 24.3 Å². The molecule has 0 unspecified atom stereocenters. The molecule has 3 aliphatic rings. The molecule has 3 fully saturated rings. The van der Waals surface area contributed by atoms with Gasteiger partial charge in [-0.15, -0.1) is 5.10 Å². The van der Waals surface area contributed by atoms with Crippen molar-refractivity contribution < 1.29 is 4.79 Å². The summed E-state index contributed by atoms with van der Waals surface area (Å²) in [7, 11) is 0. The second kappa shape index (κ2) is 7.82. The Morgan fingerprint density at radius 1 is 1.10 bits per heavy atom. The molecule has 0 spiro atoms. The van der Waals surface area contributed by atoms with Gasteiger partial charge in [0.1, 0.15) is 0 Å². The molecule has 3 aliphatic heterocycles. The SMILES string of the molecule is Cc1nnc(N2C[C@H]3C[C@@H](C2)[C@H](CCC(C)C)N2C(=O)CCC[C@@H]32)c2ccccc12. The smallest absolute Gasteiger partial charge is 0.223 e. The number of rotatable bonds is 4. The van der Waals surface area contributed by atoms with Gasteiger partial charge in [-0.3, -0.25) is 4.79 Å². The quantitative estimate of drug-likeness (QED) is 0.746. The Bertz CT molecular complexity index is 942. The number of anilines is 1. The molecule has 5 heteroatoms. The highest BCUT2D eigenvalue weighted by atomic mass is 16.2. The van der Waals surface area contributed by atoms with E-state index in [1.165, 1.54) is 23.6 Å². The largest absolute Gasteiger partial charge is 0.354 e. The van der Waals surface area contributed by atoms with E-state index in [0.717, 1.165) is 50.3 Å². The first kappa shape index (κ1) is 19.8. The molecule has 2 bridgehead atoms. The number of benzene rings is 1. The van der Waals surface area contributed by atoms with E-state index in [1.54, 1.807) is 0 Å². The van der Waals surface area contributed by atoms with E-state index in [1.807, 2.05) is 6.92 Å². The lowest BCUT2D eigenvalue weighted by Crippen LogP contribution is -2.65. The minimum atomic E-state index is 0.383. The second-order valence-corrected chi connectivity index (χ2v) is 10.1. The molecule has 1 aromatic carbocycles. The van der Waals surface area contributed by atoms with Gasteiger partial charge in [0.2, 0.25) is 5.91 Å². The summed E-state index contributed by atoms with van der Waals surface area (Å²) >= 11 is 0. The fourth-order valence-electron chi connectivity index (χ4n) is 6.28. The Morgan fingerprint density at radius 3 is 2.67 bits per heavy atom. The molecule has 2 aromatic rings. The third-order valence-electron chi connectivity index (χ3n) is 7.69. The molecule has 1 aromatic heterocycles. The van der Waals surface area contributed by atoms with Gasteiger partial charge >= 0.3 is 0 Å². The molecule has 0 aliphatic carbocycles. The average molecular weight is 407 g/mol. The zero-order valence-electron chi connectivity index (χ0n) is 18.6. The summed E-state index contributed by atoms with van der Waals surface area (Å²) in [5, 5.41) is 11.6. The van der Waals surface area contributed by atoms with Crippen LogP contribution >= 0.6 is 0 Å². The van der Waals surface area contributed by atoms with Crippen LogP contribution in [-0.4, -0.2) is 46.2 Å². The van der Waals surface area contributed by atoms with Gasteiger partial charge in [0.25, 0.3) is 0 Å². The van der Waals surface area contributed by atoms with Crippen LogP contribution in [0.2, 0.25) is 0 Å². The minimum absolute atomic E-state index is 0.383. The number of fused-ring (bicyclic) bond motifs is 5. The molecule has 5 nitrogen and oxygen atoms in total. The van der Waals surface area contributed by atoms with Gasteiger partial charge in [-0.05, 0) is 56.8 Å². The van der Waals surface area contributed by atoms with Crippen LogP contribution in [0.25, 0.3) is 10.8 Å². The highest BCUT2D eigenvalue weighted by Crippen LogP contribution is 2.44. The predicted octanol–water partition coefficient (Wildman–Crippen LogP) is 4.58. The maximum atomic E-state index is 13.0. The lowest BCUT2D eigenvalue weighted by molar-refractivity contribution is -0.149. The molecular formula is C25H34N4O. The van der Waals surface area contributed by atoms with Gasteiger partial charge in [0.05, 0.1) is 5.69 Å². The van der Waals surface area contributed by atoms with E-state index in [9.17, 15) is 4.79 Å². The Hall–Kier alpha value is -2.17. The van der Waals surface area contributed by atoms with E-state index in [4.69, 9.17) is 0 Å². The second-order valence-electron chi connectivity index (χ2n) is 10.1. The fourth-order valence-corrected chi connectivity index (χ4v) is 6.28. The fraction of sp³-hybridized carbons (Fsp3) is 0.640. The third kappa shape index (κ3) is 3.36. The number of piperidine rings is 3. The summed E-state index contributed by atoms with van der Waals surface area (Å²) in [6.07, 6.45) is 6.53. The van der Waals surface area contributed by atoms with E-state index in [0.29, 0.717) is 35.7 Å². The number of amides is 1. The molecule has 160 valence electrons. The first-order valence-corrected chi connectivity index (χ1v) is 11.8. The number of aryl methyl sites for hydroxylation is 1. The van der Waals surface area contributed by atoms with Crippen LogP contribution in [0.1, 0.15) is 58.1 Å². The molecule has 1 amide bonds. The van der Waals surface area contributed by atoms with Crippen LogP contribution in [-0.2, 0) is 4.79 Å². The van der Waals surface area contributed by atoms with Crippen LogP contribution in [0, 0.1) is 24.7 Å². The molecule has 0 N–H and O–H groups in total. The number of nitrogens with zero attached hydrogens (tertiary/aromatic N) is 4. The number of hydrogen-bond acceptors (Lipinski definition) is 4. The topological polar surface area (TPSA) is 49.3 Å². The van der Waals surface area contributed by atoms with E-state index in [-0.39, 0.29) is 0 Å². The van der Waals surface area contributed by atoms with Crippen LogP contribution in [0.3, 0.4) is 0 Å². The molecule has 0 saturated carbocycles. The minimum Gasteiger partial charge on any atom is -0.354 e. The van der Waals surface area contributed by atoms with Crippen molar-refractivity contribution in [3.8, 4) is 0 Å². The highest BCUT2D eigenvalue weighted by molar-refractivity contribution is 5.93. The molecule has 3 saturated heterocycles. The monoisotopic (exact) mass is 406 g/mol. The summed E-state index contributed by atoms with van der Waals surface area (Å²) < 4.78 is 0. The first-order chi connectivity index (χ1) is 14.5. The normalized spacial score (nSPS) is 28.9. The van der Waals surface area contributed by atoms with Crippen LogP contribution in [0.4, 0.5) is 5.82 Å². The van der Waals surface area contributed by atoms with Crippen molar-refractivity contribution in [1.82, 2.24) is 15.1 Å². The van der Waals surface area contributed by atoms with E-state index >= 15 is 0 Å². The van der Waals surface area contributed by atoms with E-state index < -0.39 is 0 Å². The number of carbonyl (C=O) groups excluding carboxylic acids is 1. The summed E-state index contributed by atoms with van der Waals surface area (Å²) in [6, 6.07) is 9.31. The molecule has 30 heavy (non-hydrogen) atoms. The van der Waals surface area contributed by atoms with Crippen molar-refractivity contribution in [3.63, 3.8) is 0 Å². The maximum absolute atomic E-state index is 13.0. The maximum Gasteiger partial charge on any atom is 0.223 e. The Balaban J connectivity index is 1.50. The molecule has 0 radical (unpaired) electrons. The zero-order chi connectivity index (χ0) is 20.8. The van der Waals surface area contributed by atoms with Gasteiger partial charge < -0.3 is 9.80 Å².